The first kappa shape index (κ1) is 25.3. The molecule has 0 spiro atoms. The van der Waals surface area contributed by atoms with Crippen LogP contribution in [0.15, 0.2) is 53.4 Å². The molecule has 0 saturated heterocycles. The minimum absolute atomic E-state index is 0.0176. The Balaban J connectivity index is 2.09. The zero-order chi connectivity index (χ0) is 23.9. The highest BCUT2D eigenvalue weighted by molar-refractivity contribution is 7.89. The van der Waals surface area contributed by atoms with Gasteiger partial charge in [-0.25, -0.2) is 8.42 Å². The van der Waals surface area contributed by atoms with Crippen molar-refractivity contribution in [2.45, 2.75) is 31.7 Å². The maximum atomic E-state index is 12.8. The molecular weight excluding hydrogens is 434 g/mol. The third kappa shape index (κ3) is 6.28. The van der Waals surface area contributed by atoms with Crippen LogP contribution in [-0.4, -0.2) is 51.5 Å². The monoisotopic (exact) mass is 463 g/mol. The summed E-state index contributed by atoms with van der Waals surface area (Å²) in [5, 5.41) is 5.47. The van der Waals surface area contributed by atoms with Gasteiger partial charge in [0.2, 0.25) is 5.91 Å². The third-order valence-corrected chi connectivity index (χ3v) is 6.37. The van der Waals surface area contributed by atoms with E-state index in [9.17, 15) is 18.0 Å². The average molecular weight is 464 g/mol. The summed E-state index contributed by atoms with van der Waals surface area (Å²) < 4.78 is 30.6. The van der Waals surface area contributed by atoms with Crippen molar-refractivity contribution in [3.05, 3.63) is 54.1 Å². The molecule has 0 fully saturated rings. The summed E-state index contributed by atoms with van der Waals surface area (Å²) >= 11 is 0. The van der Waals surface area contributed by atoms with Gasteiger partial charge in [0.25, 0.3) is 15.9 Å². The van der Waals surface area contributed by atoms with Crippen LogP contribution < -0.4 is 15.4 Å². The number of carbonyl (C=O) groups excluding carboxylic acids is 2. The summed E-state index contributed by atoms with van der Waals surface area (Å²) in [4.78, 5) is 30.2. The molecule has 0 bridgehead atoms. The molecule has 2 amide bonds. The first-order valence-corrected chi connectivity index (χ1v) is 11.5. The number of amides is 2. The first-order valence-electron chi connectivity index (χ1n) is 10.1. The van der Waals surface area contributed by atoms with E-state index in [-0.39, 0.29) is 16.7 Å². The Hall–Kier alpha value is -2.95. The van der Waals surface area contributed by atoms with Gasteiger partial charge in [-0.15, -0.1) is 0 Å². The highest BCUT2D eigenvalue weighted by Gasteiger charge is 2.25. The number of rotatable bonds is 10. The van der Waals surface area contributed by atoms with E-state index >= 15 is 0 Å². The second-order valence-electron chi connectivity index (χ2n) is 7.26. The van der Waals surface area contributed by atoms with E-state index < -0.39 is 22.0 Å². The van der Waals surface area contributed by atoms with E-state index in [4.69, 9.17) is 9.57 Å². The first-order chi connectivity index (χ1) is 15.1. The number of carbonyl (C=O) groups is 2. The van der Waals surface area contributed by atoms with Gasteiger partial charge in [0, 0.05) is 18.3 Å². The summed E-state index contributed by atoms with van der Waals surface area (Å²) in [7, 11) is -1.25. The summed E-state index contributed by atoms with van der Waals surface area (Å²) in [5.41, 5.74) is 0.804. The van der Waals surface area contributed by atoms with Gasteiger partial charge in [-0.2, -0.15) is 0 Å². The SMILES string of the molecule is CCOc1ccc(C(=O)N[C@H](C(=O)Nc2ccc(S(=O)(=O)N(C)OC)cc2)C(C)C)cc1. The molecule has 2 aromatic rings. The summed E-state index contributed by atoms with van der Waals surface area (Å²) in [6.45, 7) is 6.03. The van der Waals surface area contributed by atoms with Crippen LogP contribution in [0.5, 0.6) is 5.75 Å². The number of benzene rings is 2. The normalized spacial score (nSPS) is 12.5. The molecule has 1 atom stereocenters. The Kier molecular flexibility index (Phi) is 8.76. The van der Waals surface area contributed by atoms with Crippen molar-refractivity contribution in [1.82, 2.24) is 9.79 Å². The lowest BCUT2D eigenvalue weighted by atomic mass is 10.0. The number of hydrogen-bond acceptors (Lipinski definition) is 6. The average Bonchev–Trinajstić information content (AvgIpc) is 2.77. The molecule has 2 N–H and O–H groups in total. The van der Waals surface area contributed by atoms with E-state index in [1.807, 2.05) is 20.8 Å². The minimum atomic E-state index is -3.78. The van der Waals surface area contributed by atoms with Crippen molar-refractivity contribution < 1.29 is 27.6 Å². The van der Waals surface area contributed by atoms with E-state index in [0.717, 1.165) is 4.47 Å². The van der Waals surface area contributed by atoms with Crippen LogP contribution in [0.1, 0.15) is 31.1 Å². The van der Waals surface area contributed by atoms with Crippen LogP contribution in [0.3, 0.4) is 0 Å². The molecular formula is C22H29N3O6S. The molecule has 0 aliphatic heterocycles. The molecule has 0 radical (unpaired) electrons. The Labute approximate surface area is 188 Å². The summed E-state index contributed by atoms with van der Waals surface area (Å²) in [5.74, 6) is -0.323. The fourth-order valence-electron chi connectivity index (χ4n) is 2.81. The molecule has 174 valence electrons. The zero-order valence-electron chi connectivity index (χ0n) is 18.8. The predicted molar refractivity (Wildman–Crippen MR) is 121 cm³/mol. The molecule has 32 heavy (non-hydrogen) atoms. The second-order valence-corrected chi connectivity index (χ2v) is 9.20. The predicted octanol–water partition coefficient (Wildman–Crippen LogP) is 2.66. The van der Waals surface area contributed by atoms with Crippen molar-refractivity contribution >= 4 is 27.5 Å². The van der Waals surface area contributed by atoms with Gasteiger partial charge in [0.15, 0.2) is 0 Å². The highest BCUT2D eigenvalue weighted by atomic mass is 32.2. The fourth-order valence-corrected chi connectivity index (χ4v) is 3.78. The van der Waals surface area contributed by atoms with Gasteiger partial charge < -0.3 is 15.4 Å². The van der Waals surface area contributed by atoms with Gasteiger partial charge in [-0.3, -0.25) is 14.4 Å². The number of nitrogens with one attached hydrogen (secondary N) is 2. The topological polar surface area (TPSA) is 114 Å². The Morgan fingerprint density at radius 3 is 2.12 bits per heavy atom. The highest BCUT2D eigenvalue weighted by Crippen LogP contribution is 2.18. The van der Waals surface area contributed by atoms with Crippen molar-refractivity contribution in [3.63, 3.8) is 0 Å². The lowest BCUT2D eigenvalue weighted by molar-refractivity contribution is -0.118. The number of nitrogens with zero attached hydrogens (tertiary/aromatic N) is 1. The maximum absolute atomic E-state index is 12.8. The number of hydrogen-bond donors (Lipinski definition) is 2. The standard InChI is InChI=1S/C22H29N3O6S/c1-6-31-18-11-7-16(8-12-18)21(26)24-20(15(2)3)22(27)23-17-9-13-19(14-10-17)32(28,29)25(4)30-5/h7-15,20H,6H2,1-5H3,(H,23,27)(H,24,26)/t20-/m0/s1. The van der Waals surface area contributed by atoms with Crippen LogP contribution in [-0.2, 0) is 19.7 Å². The smallest absolute Gasteiger partial charge is 0.264 e. The van der Waals surface area contributed by atoms with Crippen molar-refractivity contribution in [1.29, 1.82) is 0 Å². The van der Waals surface area contributed by atoms with Crippen LogP contribution >= 0.6 is 0 Å². The quantitative estimate of drug-likeness (QED) is 0.524. The third-order valence-electron chi connectivity index (χ3n) is 4.68. The molecule has 10 heteroatoms. The summed E-state index contributed by atoms with van der Waals surface area (Å²) in [6, 6.07) is 11.5. The number of ether oxygens (including phenoxy) is 1. The minimum Gasteiger partial charge on any atom is -0.494 e. The van der Waals surface area contributed by atoms with Gasteiger partial charge in [-0.05, 0) is 61.4 Å². The Bertz CT molecular complexity index is 1020. The number of sulfonamides is 1. The summed E-state index contributed by atoms with van der Waals surface area (Å²) in [6.07, 6.45) is 0. The van der Waals surface area contributed by atoms with Gasteiger partial charge in [0.1, 0.15) is 11.8 Å². The molecule has 2 rings (SSSR count). The van der Waals surface area contributed by atoms with Crippen LogP contribution in [0, 0.1) is 5.92 Å². The van der Waals surface area contributed by atoms with Gasteiger partial charge in [-0.1, -0.05) is 18.3 Å². The fraction of sp³-hybridized carbons (Fsp3) is 0.364. The van der Waals surface area contributed by atoms with E-state index in [1.165, 1.54) is 38.4 Å². The molecule has 0 aliphatic carbocycles. The number of anilines is 1. The lowest BCUT2D eigenvalue weighted by Crippen LogP contribution is -2.47. The maximum Gasteiger partial charge on any atom is 0.264 e. The van der Waals surface area contributed by atoms with E-state index in [0.29, 0.717) is 23.6 Å². The van der Waals surface area contributed by atoms with Crippen molar-refractivity contribution in [3.8, 4) is 5.75 Å². The molecule has 0 saturated carbocycles. The van der Waals surface area contributed by atoms with Crippen molar-refractivity contribution in [2.24, 2.45) is 5.92 Å². The van der Waals surface area contributed by atoms with Crippen molar-refractivity contribution in [2.75, 3.05) is 26.1 Å². The van der Waals surface area contributed by atoms with Gasteiger partial charge >= 0.3 is 0 Å². The second kappa shape index (κ2) is 11.1. The molecule has 2 aromatic carbocycles. The molecule has 9 nitrogen and oxygen atoms in total. The van der Waals surface area contributed by atoms with Crippen LogP contribution in [0.2, 0.25) is 0 Å². The Morgan fingerprint density at radius 1 is 1.03 bits per heavy atom. The Morgan fingerprint density at radius 2 is 1.62 bits per heavy atom. The molecule has 0 unspecified atom stereocenters. The molecule has 0 aromatic heterocycles. The van der Waals surface area contributed by atoms with Crippen LogP contribution in [0.25, 0.3) is 0 Å². The largest absolute Gasteiger partial charge is 0.494 e. The number of hydroxylamine groups is 1. The molecule has 0 heterocycles. The molecule has 0 aliphatic rings. The van der Waals surface area contributed by atoms with E-state index in [1.54, 1.807) is 24.3 Å². The lowest BCUT2D eigenvalue weighted by Gasteiger charge is -2.22. The van der Waals surface area contributed by atoms with Crippen LogP contribution in [0.4, 0.5) is 5.69 Å². The van der Waals surface area contributed by atoms with E-state index in [2.05, 4.69) is 10.6 Å². The van der Waals surface area contributed by atoms with Gasteiger partial charge in [0.05, 0.1) is 18.6 Å². The zero-order valence-corrected chi connectivity index (χ0v) is 19.6.